The summed E-state index contributed by atoms with van der Waals surface area (Å²) >= 11 is 0. The van der Waals surface area contributed by atoms with Crippen LogP contribution in [-0.4, -0.2) is 30.6 Å². The van der Waals surface area contributed by atoms with Gasteiger partial charge in [0.25, 0.3) is 0 Å². The van der Waals surface area contributed by atoms with Crippen molar-refractivity contribution < 1.29 is 13.5 Å². The first-order valence-electron chi connectivity index (χ1n) is 6.44. The summed E-state index contributed by atoms with van der Waals surface area (Å²) in [5, 5.41) is 9.60. The highest BCUT2D eigenvalue weighted by Crippen LogP contribution is 2.24. The highest BCUT2D eigenvalue weighted by atomic mass is 32.2. The number of rotatable bonds is 3. The van der Waals surface area contributed by atoms with Crippen molar-refractivity contribution in [2.75, 3.05) is 5.75 Å². The molecule has 1 aliphatic rings. The van der Waals surface area contributed by atoms with E-state index in [0.29, 0.717) is 12.8 Å². The van der Waals surface area contributed by atoms with Crippen LogP contribution >= 0.6 is 0 Å². The van der Waals surface area contributed by atoms with Crippen LogP contribution in [0.4, 0.5) is 0 Å². The Bertz CT molecular complexity index is 508. The lowest BCUT2D eigenvalue weighted by Crippen LogP contribution is -2.39. The fraction of sp³-hybridized carbons (Fsp3) is 0.571. The largest absolute Gasteiger partial charge is 0.391 e. The number of benzene rings is 1. The van der Waals surface area contributed by atoms with Gasteiger partial charge in [0.05, 0.1) is 17.1 Å². The van der Waals surface area contributed by atoms with Gasteiger partial charge >= 0.3 is 0 Å². The van der Waals surface area contributed by atoms with Crippen molar-refractivity contribution in [3.8, 4) is 0 Å². The van der Waals surface area contributed by atoms with Crippen molar-refractivity contribution in [1.82, 2.24) is 0 Å². The molecular weight excluding hydrogens is 248 g/mol. The molecule has 4 heteroatoms. The van der Waals surface area contributed by atoms with Gasteiger partial charge in [-0.05, 0) is 31.7 Å². The maximum absolute atomic E-state index is 11.9. The van der Waals surface area contributed by atoms with Gasteiger partial charge in [-0.15, -0.1) is 0 Å². The summed E-state index contributed by atoms with van der Waals surface area (Å²) < 4.78 is 23.8. The molecule has 1 aliphatic heterocycles. The molecule has 0 bridgehead atoms. The molecule has 1 saturated heterocycles. The van der Waals surface area contributed by atoms with Crippen LogP contribution in [0.5, 0.6) is 0 Å². The second-order valence-corrected chi connectivity index (χ2v) is 7.50. The number of hydrogen-bond acceptors (Lipinski definition) is 3. The van der Waals surface area contributed by atoms with Crippen molar-refractivity contribution in [1.29, 1.82) is 0 Å². The zero-order valence-corrected chi connectivity index (χ0v) is 11.5. The van der Waals surface area contributed by atoms with E-state index in [2.05, 4.69) is 0 Å². The average Bonchev–Trinajstić information content (AvgIpc) is 2.28. The zero-order chi connectivity index (χ0) is 13.2. The lowest BCUT2D eigenvalue weighted by atomic mass is 10.0. The predicted molar refractivity (Wildman–Crippen MR) is 72.3 cm³/mol. The fourth-order valence-electron chi connectivity index (χ4n) is 2.62. The number of aliphatic hydroxyl groups is 1. The van der Waals surface area contributed by atoms with Crippen LogP contribution in [0.3, 0.4) is 0 Å². The Labute approximate surface area is 109 Å². The smallest absolute Gasteiger partial charge is 0.155 e. The number of aryl methyl sites for hydroxylation is 1. The summed E-state index contributed by atoms with van der Waals surface area (Å²) in [6, 6.07) is 7.87. The Kier molecular flexibility index (Phi) is 4.07. The Hall–Kier alpha value is -0.870. The third-order valence-electron chi connectivity index (χ3n) is 3.59. The Balaban J connectivity index is 2.09. The SMILES string of the molecule is Cc1cccc(CC(O)C2CCCCS2(=O)=O)c1. The molecule has 1 aromatic rings. The van der Waals surface area contributed by atoms with E-state index in [-0.39, 0.29) is 5.75 Å². The van der Waals surface area contributed by atoms with Gasteiger partial charge in [-0.2, -0.15) is 0 Å². The first-order valence-corrected chi connectivity index (χ1v) is 8.16. The van der Waals surface area contributed by atoms with Crippen LogP contribution < -0.4 is 0 Å². The quantitative estimate of drug-likeness (QED) is 0.910. The molecule has 100 valence electrons. The standard InChI is InChI=1S/C14H20O3S/c1-11-5-4-6-12(9-11)10-13(15)14-7-2-3-8-18(14,16)17/h4-6,9,13-15H,2-3,7-8,10H2,1H3. The third-order valence-corrected chi connectivity index (χ3v) is 5.92. The fourth-order valence-corrected chi connectivity index (χ4v) is 4.63. The molecule has 0 aliphatic carbocycles. The van der Waals surface area contributed by atoms with Crippen LogP contribution in [0.1, 0.15) is 30.4 Å². The number of hydrogen-bond donors (Lipinski definition) is 1. The summed E-state index contributed by atoms with van der Waals surface area (Å²) in [7, 11) is -3.10. The monoisotopic (exact) mass is 268 g/mol. The van der Waals surface area contributed by atoms with Crippen molar-refractivity contribution in [2.24, 2.45) is 0 Å². The topological polar surface area (TPSA) is 54.4 Å². The van der Waals surface area contributed by atoms with Gasteiger partial charge in [-0.25, -0.2) is 8.42 Å². The Morgan fingerprint density at radius 2 is 2.17 bits per heavy atom. The molecule has 1 fully saturated rings. The van der Waals surface area contributed by atoms with E-state index < -0.39 is 21.2 Å². The average molecular weight is 268 g/mol. The molecule has 2 atom stereocenters. The number of sulfone groups is 1. The van der Waals surface area contributed by atoms with E-state index in [4.69, 9.17) is 0 Å². The summed E-state index contributed by atoms with van der Waals surface area (Å²) in [6.07, 6.45) is 1.86. The lowest BCUT2D eigenvalue weighted by molar-refractivity contribution is 0.162. The van der Waals surface area contributed by atoms with Gasteiger partial charge in [-0.3, -0.25) is 0 Å². The van der Waals surface area contributed by atoms with Crippen molar-refractivity contribution in [3.05, 3.63) is 35.4 Å². The molecular formula is C14H20O3S. The first-order chi connectivity index (χ1) is 8.49. The maximum Gasteiger partial charge on any atom is 0.155 e. The first kappa shape index (κ1) is 13.6. The minimum Gasteiger partial charge on any atom is -0.391 e. The van der Waals surface area contributed by atoms with Crippen LogP contribution in [0.25, 0.3) is 0 Å². The van der Waals surface area contributed by atoms with E-state index in [1.54, 1.807) is 0 Å². The van der Waals surface area contributed by atoms with E-state index in [0.717, 1.165) is 24.0 Å². The molecule has 2 unspecified atom stereocenters. The molecule has 1 N–H and O–H groups in total. The normalized spacial score (nSPS) is 24.7. The van der Waals surface area contributed by atoms with Gasteiger partial charge in [0, 0.05) is 0 Å². The molecule has 0 spiro atoms. The van der Waals surface area contributed by atoms with Crippen molar-refractivity contribution in [2.45, 2.75) is 44.0 Å². The minimum absolute atomic E-state index is 0.225. The molecule has 0 amide bonds. The second-order valence-electron chi connectivity index (χ2n) is 5.16. The van der Waals surface area contributed by atoms with Gasteiger partial charge in [0.1, 0.15) is 0 Å². The highest BCUT2D eigenvalue weighted by Gasteiger charge is 2.34. The summed E-state index contributed by atoms with van der Waals surface area (Å²) in [5.74, 6) is 0.225. The molecule has 2 rings (SSSR count). The van der Waals surface area contributed by atoms with Crippen molar-refractivity contribution >= 4 is 9.84 Å². The molecule has 1 heterocycles. The van der Waals surface area contributed by atoms with Crippen LogP contribution in [-0.2, 0) is 16.3 Å². The van der Waals surface area contributed by atoms with Gasteiger partial charge in [0.15, 0.2) is 9.84 Å². The van der Waals surface area contributed by atoms with Gasteiger partial charge in [-0.1, -0.05) is 36.2 Å². The van der Waals surface area contributed by atoms with E-state index in [9.17, 15) is 13.5 Å². The van der Waals surface area contributed by atoms with E-state index in [1.165, 1.54) is 0 Å². The van der Waals surface area contributed by atoms with Crippen molar-refractivity contribution in [3.63, 3.8) is 0 Å². The van der Waals surface area contributed by atoms with Crippen LogP contribution in [0.15, 0.2) is 24.3 Å². The minimum atomic E-state index is -3.10. The predicted octanol–water partition coefficient (Wildman–Crippen LogP) is 1.87. The van der Waals surface area contributed by atoms with E-state index >= 15 is 0 Å². The lowest BCUT2D eigenvalue weighted by Gasteiger charge is -2.26. The van der Waals surface area contributed by atoms with E-state index in [1.807, 2.05) is 31.2 Å². The summed E-state index contributed by atoms with van der Waals surface area (Å²) in [5.41, 5.74) is 2.13. The highest BCUT2D eigenvalue weighted by molar-refractivity contribution is 7.92. The Morgan fingerprint density at radius 3 is 2.83 bits per heavy atom. The molecule has 3 nitrogen and oxygen atoms in total. The summed E-state index contributed by atoms with van der Waals surface area (Å²) in [4.78, 5) is 0. The molecule has 1 aromatic carbocycles. The third kappa shape index (κ3) is 3.12. The van der Waals surface area contributed by atoms with Crippen LogP contribution in [0, 0.1) is 6.92 Å². The van der Waals surface area contributed by atoms with Crippen LogP contribution in [0.2, 0.25) is 0 Å². The number of aliphatic hydroxyl groups excluding tert-OH is 1. The second kappa shape index (κ2) is 5.41. The van der Waals surface area contributed by atoms with Gasteiger partial charge in [0.2, 0.25) is 0 Å². The molecule has 18 heavy (non-hydrogen) atoms. The molecule has 0 aromatic heterocycles. The zero-order valence-electron chi connectivity index (χ0n) is 10.7. The Morgan fingerprint density at radius 1 is 1.39 bits per heavy atom. The molecule has 0 saturated carbocycles. The molecule has 0 radical (unpaired) electrons. The maximum atomic E-state index is 11.9. The van der Waals surface area contributed by atoms with Gasteiger partial charge < -0.3 is 5.11 Å². The summed E-state index contributed by atoms with van der Waals surface area (Å²) in [6.45, 7) is 1.99.